The molecule has 0 bridgehead atoms. The van der Waals surface area contributed by atoms with Crippen molar-refractivity contribution < 1.29 is 13.2 Å². The summed E-state index contributed by atoms with van der Waals surface area (Å²) in [6, 6.07) is 34.6. The summed E-state index contributed by atoms with van der Waals surface area (Å²) in [4.78, 5) is 3.08. The molecule has 1 spiro atoms. The van der Waals surface area contributed by atoms with Crippen LogP contribution in [0.4, 0.5) is 0 Å². The molecule has 1 fully saturated rings. The second-order valence-electron chi connectivity index (χ2n) is 13.0. The molecule has 236 valence electrons. The molecule has 45 heavy (non-hydrogen) atoms. The average Bonchev–Trinajstić information content (AvgIpc) is 3.08. The fourth-order valence-corrected chi connectivity index (χ4v) is 8.88. The van der Waals surface area contributed by atoms with Crippen LogP contribution < -0.4 is 9.46 Å². The number of likely N-dealkylation sites (tertiary alicyclic amines) is 1. The third kappa shape index (κ3) is 6.74. The minimum atomic E-state index is -3.70. The Morgan fingerprint density at radius 2 is 1.53 bits per heavy atom. The summed E-state index contributed by atoms with van der Waals surface area (Å²) in [5.74, 6) is 0.946. The van der Waals surface area contributed by atoms with Crippen molar-refractivity contribution in [3.63, 3.8) is 0 Å². The molecule has 1 unspecified atom stereocenters. The van der Waals surface area contributed by atoms with Crippen LogP contribution in [-0.4, -0.2) is 45.6 Å². The van der Waals surface area contributed by atoms with E-state index >= 15 is 0 Å². The molecule has 6 rings (SSSR count). The number of aryl methyl sites for hydroxylation is 2. The molecule has 6 heteroatoms. The van der Waals surface area contributed by atoms with Crippen LogP contribution in [0.2, 0.25) is 0 Å². The van der Waals surface area contributed by atoms with Crippen LogP contribution >= 0.6 is 0 Å². The van der Waals surface area contributed by atoms with Gasteiger partial charge in [-0.2, -0.15) is 0 Å². The fraction of sp³-hybridized carbons (Fsp3) is 0.385. The van der Waals surface area contributed by atoms with Crippen LogP contribution in [-0.2, 0) is 28.3 Å². The molecule has 1 heterocycles. The minimum Gasteiger partial charge on any atom is -0.497 e. The summed E-state index contributed by atoms with van der Waals surface area (Å²) in [7, 11) is -1.95. The summed E-state index contributed by atoms with van der Waals surface area (Å²) in [6.07, 6.45) is 8.89. The molecule has 0 amide bonds. The van der Waals surface area contributed by atoms with Crippen molar-refractivity contribution in [1.29, 1.82) is 0 Å². The normalized spacial score (nSPS) is 18.9. The highest BCUT2D eigenvalue weighted by molar-refractivity contribution is 7.89. The van der Waals surface area contributed by atoms with Gasteiger partial charge in [0.2, 0.25) is 10.0 Å². The van der Waals surface area contributed by atoms with Gasteiger partial charge in [0.1, 0.15) is 5.75 Å². The lowest BCUT2D eigenvalue weighted by Gasteiger charge is -2.50. The first-order chi connectivity index (χ1) is 21.8. The van der Waals surface area contributed by atoms with Crippen LogP contribution in [0.1, 0.15) is 66.3 Å². The number of benzene rings is 4. The number of methoxy groups -OCH3 is 1. The number of sulfonamides is 1. The maximum atomic E-state index is 13.6. The molecule has 1 aliphatic heterocycles. The number of rotatable bonds is 11. The van der Waals surface area contributed by atoms with Gasteiger partial charge in [-0.05, 0) is 111 Å². The predicted octanol–water partition coefficient (Wildman–Crippen LogP) is 7.46. The number of piperidine rings is 1. The van der Waals surface area contributed by atoms with Gasteiger partial charge in [0, 0.05) is 17.5 Å². The summed E-state index contributed by atoms with van der Waals surface area (Å²) in [5, 5.41) is 0. The zero-order valence-corrected chi connectivity index (χ0v) is 27.5. The van der Waals surface area contributed by atoms with Gasteiger partial charge < -0.3 is 4.74 Å². The molecule has 2 aliphatic rings. The van der Waals surface area contributed by atoms with Gasteiger partial charge in [-0.15, -0.1) is 0 Å². The van der Waals surface area contributed by atoms with E-state index < -0.39 is 15.4 Å². The number of ether oxygens (including phenoxy) is 1. The maximum Gasteiger partial charge on any atom is 0.240 e. The Balaban J connectivity index is 1.27. The third-order valence-corrected chi connectivity index (χ3v) is 11.8. The molecule has 4 aromatic carbocycles. The molecule has 0 aromatic heterocycles. The number of hydrogen-bond acceptors (Lipinski definition) is 4. The Morgan fingerprint density at radius 3 is 2.20 bits per heavy atom. The standard InChI is InChI=1S/C39H46N2O3S/c1-31-16-20-37(21-17-31)45(42,43)40-30-39(34-12-5-3-6-13-34,35-14-7-4-8-15-35)24-11-27-41-26-10-9-23-38(41)25-22-32-28-36(44-2)19-18-33(32)29-38/h3-8,12-21,28,40H,9-11,22-27,29-30H2,1-2H3. The van der Waals surface area contributed by atoms with E-state index in [4.69, 9.17) is 4.74 Å². The highest BCUT2D eigenvalue weighted by atomic mass is 32.2. The summed E-state index contributed by atoms with van der Waals surface area (Å²) >= 11 is 0. The lowest BCUT2D eigenvalue weighted by molar-refractivity contribution is 0.0315. The lowest BCUT2D eigenvalue weighted by atomic mass is 9.70. The van der Waals surface area contributed by atoms with E-state index in [0.717, 1.165) is 61.2 Å². The van der Waals surface area contributed by atoms with Crippen molar-refractivity contribution in [2.45, 2.75) is 74.1 Å². The van der Waals surface area contributed by atoms with Gasteiger partial charge in [0.25, 0.3) is 0 Å². The van der Waals surface area contributed by atoms with Crippen molar-refractivity contribution in [3.05, 3.63) is 131 Å². The lowest BCUT2D eigenvalue weighted by Crippen LogP contribution is -2.55. The molecule has 5 nitrogen and oxygen atoms in total. The first kappa shape index (κ1) is 31.5. The van der Waals surface area contributed by atoms with E-state index in [2.05, 4.69) is 76.4 Å². The maximum absolute atomic E-state index is 13.6. The number of fused-ring (bicyclic) bond motifs is 1. The van der Waals surface area contributed by atoms with Crippen LogP contribution in [0.3, 0.4) is 0 Å². The number of nitrogens with one attached hydrogen (secondary N) is 1. The first-order valence-electron chi connectivity index (χ1n) is 16.4. The zero-order chi connectivity index (χ0) is 31.3. The Labute approximate surface area is 269 Å². The van der Waals surface area contributed by atoms with E-state index in [-0.39, 0.29) is 12.1 Å². The molecule has 1 atom stereocenters. The molecule has 1 aliphatic carbocycles. The van der Waals surface area contributed by atoms with Gasteiger partial charge in [-0.1, -0.05) is 90.8 Å². The van der Waals surface area contributed by atoms with Crippen molar-refractivity contribution in [2.75, 3.05) is 26.7 Å². The quantitative estimate of drug-likeness (QED) is 0.189. The first-order valence-corrected chi connectivity index (χ1v) is 17.9. The van der Waals surface area contributed by atoms with E-state index in [1.165, 1.54) is 36.8 Å². The van der Waals surface area contributed by atoms with Crippen LogP contribution in [0.5, 0.6) is 5.75 Å². The van der Waals surface area contributed by atoms with Gasteiger partial charge >= 0.3 is 0 Å². The molecule has 1 N–H and O–H groups in total. The molecule has 1 saturated heterocycles. The van der Waals surface area contributed by atoms with Gasteiger partial charge in [0.05, 0.1) is 12.0 Å². The predicted molar refractivity (Wildman–Crippen MR) is 182 cm³/mol. The van der Waals surface area contributed by atoms with Crippen LogP contribution in [0.25, 0.3) is 0 Å². The second-order valence-corrected chi connectivity index (χ2v) is 14.8. The Bertz CT molecular complexity index is 1630. The summed E-state index contributed by atoms with van der Waals surface area (Å²) in [6.45, 7) is 4.37. The SMILES string of the molecule is COc1ccc2c(c1)CCC1(CCCCN1CCCC(CNS(=O)(=O)c1ccc(C)cc1)(c1ccccc1)c1ccccc1)C2. The topological polar surface area (TPSA) is 58.6 Å². The molecule has 0 saturated carbocycles. The molecular weight excluding hydrogens is 577 g/mol. The summed E-state index contributed by atoms with van der Waals surface area (Å²) < 4.78 is 35.7. The van der Waals surface area contributed by atoms with Crippen molar-refractivity contribution in [2.24, 2.45) is 0 Å². The van der Waals surface area contributed by atoms with E-state index in [1.54, 1.807) is 19.2 Å². The van der Waals surface area contributed by atoms with Crippen LogP contribution in [0, 0.1) is 6.92 Å². The van der Waals surface area contributed by atoms with Gasteiger partial charge in [-0.3, -0.25) is 4.90 Å². The Morgan fingerprint density at radius 1 is 0.844 bits per heavy atom. The van der Waals surface area contributed by atoms with E-state index in [9.17, 15) is 8.42 Å². The van der Waals surface area contributed by atoms with Crippen LogP contribution in [0.15, 0.2) is 108 Å². The molecular formula is C39H46N2O3S. The van der Waals surface area contributed by atoms with Crippen molar-refractivity contribution >= 4 is 10.0 Å². The van der Waals surface area contributed by atoms with Gasteiger partial charge in [-0.25, -0.2) is 13.1 Å². The highest BCUT2D eigenvalue weighted by Crippen LogP contribution is 2.42. The highest BCUT2D eigenvalue weighted by Gasteiger charge is 2.42. The monoisotopic (exact) mass is 622 g/mol. The Hall–Kier alpha value is -3.45. The van der Waals surface area contributed by atoms with E-state index in [1.807, 2.05) is 31.2 Å². The van der Waals surface area contributed by atoms with Gasteiger partial charge in [0.15, 0.2) is 0 Å². The Kier molecular flexibility index (Phi) is 9.46. The second kappa shape index (κ2) is 13.5. The van der Waals surface area contributed by atoms with Crippen molar-refractivity contribution in [3.8, 4) is 5.75 Å². The number of nitrogens with zero attached hydrogens (tertiary/aromatic N) is 1. The zero-order valence-electron chi connectivity index (χ0n) is 26.7. The van der Waals surface area contributed by atoms with E-state index in [0.29, 0.717) is 4.90 Å². The molecule has 4 aromatic rings. The third-order valence-electron chi connectivity index (χ3n) is 10.4. The summed E-state index contributed by atoms with van der Waals surface area (Å²) in [5.41, 5.74) is 5.87. The smallest absolute Gasteiger partial charge is 0.240 e. The average molecular weight is 623 g/mol. The number of hydrogen-bond donors (Lipinski definition) is 1. The van der Waals surface area contributed by atoms with Crippen molar-refractivity contribution in [1.82, 2.24) is 9.62 Å². The fourth-order valence-electron chi connectivity index (χ4n) is 7.78. The minimum absolute atomic E-state index is 0.190. The largest absolute Gasteiger partial charge is 0.497 e. The molecule has 0 radical (unpaired) electrons.